The van der Waals surface area contributed by atoms with E-state index in [1.165, 1.54) is 17.0 Å². The first-order valence-electron chi connectivity index (χ1n) is 9.75. The Balaban J connectivity index is 2.02. The minimum absolute atomic E-state index is 0.0799. The molecule has 0 aromatic heterocycles. The number of nitrogens with one attached hydrogen (secondary N) is 1. The molecular formula is C21H28F2N2O3. The summed E-state index contributed by atoms with van der Waals surface area (Å²) < 4.78 is 33.2. The molecule has 1 atom stereocenters. The first-order valence-corrected chi connectivity index (χ1v) is 9.75. The van der Waals surface area contributed by atoms with E-state index in [1.807, 2.05) is 0 Å². The molecule has 0 bridgehead atoms. The average Bonchev–Trinajstić information content (AvgIpc) is 2.57. The first-order chi connectivity index (χ1) is 13.0. The molecule has 1 heterocycles. The van der Waals surface area contributed by atoms with Gasteiger partial charge in [-0.3, -0.25) is 9.69 Å². The molecule has 154 valence electrons. The minimum atomic E-state index is -1.13. The van der Waals surface area contributed by atoms with Crippen LogP contribution in [0.15, 0.2) is 18.2 Å². The summed E-state index contributed by atoms with van der Waals surface area (Å²) in [5.74, 6) is -1.75. The van der Waals surface area contributed by atoms with Crippen LogP contribution >= 0.6 is 0 Å². The number of hydrogen-bond acceptors (Lipinski definition) is 3. The number of amides is 2. The summed E-state index contributed by atoms with van der Waals surface area (Å²) in [6, 6.07) is 3.16. The third kappa shape index (κ3) is 3.84. The number of carbonyl (C=O) groups is 2. The molecule has 5 nitrogen and oxygen atoms in total. The summed E-state index contributed by atoms with van der Waals surface area (Å²) in [7, 11) is 0. The Morgan fingerprint density at radius 3 is 2.21 bits per heavy atom. The highest BCUT2D eigenvalue weighted by molar-refractivity contribution is 5.92. The van der Waals surface area contributed by atoms with E-state index >= 15 is 0 Å². The number of halogens is 2. The van der Waals surface area contributed by atoms with E-state index in [2.05, 4.69) is 5.32 Å². The maximum Gasteiger partial charge on any atom is 0.411 e. The SMILES string of the molecule is CC(C)(C)OC(=O)N1C[C@@](C)(c2cc(F)cc(F)c2)NC(=O)C12CCCCC2. The Kier molecular flexibility index (Phi) is 5.15. The van der Waals surface area contributed by atoms with Crippen molar-refractivity contribution in [3.63, 3.8) is 0 Å². The van der Waals surface area contributed by atoms with Gasteiger partial charge in [-0.2, -0.15) is 0 Å². The smallest absolute Gasteiger partial charge is 0.411 e. The number of nitrogens with zero attached hydrogens (tertiary/aromatic N) is 1. The van der Waals surface area contributed by atoms with Gasteiger partial charge < -0.3 is 10.1 Å². The van der Waals surface area contributed by atoms with E-state index in [0.717, 1.165) is 25.3 Å². The maximum absolute atomic E-state index is 13.8. The fourth-order valence-electron chi connectivity index (χ4n) is 4.22. The molecule has 1 aromatic carbocycles. The van der Waals surface area contributed by atoms with Gasteiger partial charge in [0.2, 0.25) is 5.91 Å². The van der Waals surface area contributed by atoms with Gasteiger partial charge in [-0.15, -0.1) is 0 Å². The summed E-state index contributed by atoms with van der Waals surface area (Å²) >= 11 is 0. The van der Waals surface area contributed by atoms with Crippen molar-refractivity contribution in [2.24, 2.45) is 0 Å². The van der Waals surface area contributed by atoms with Crippen molar-refractivity contribution in [1.29, 1.82) is 0 Å². The fourth-order valence-corrected chi connectivity index (χ4v) is 4.22. The van der Waals surface area contributed by atoms with Crippen molar-refractivity contribution in [3.8, 4) is 0 Å². The van der Waals surface area contributed by atoms with Gasteiger partial charge in [-0.25, -0.2) is 13.6 Å². The number of benzene rings is 1. The maximum atomic E-state index is 13.8. The van der Waals surface area contributed by atoms with Crippen molar-refractivity contribution >= 4 is 12.0 Å². The molecule has 28 heavy (non-hydrogen) atoms. The summed E-state index contributed by atoms with van der Waals surface area (Å²) in [5, 5.41) is 2.95. The van der Waals surface area contributed by atoms with Gasteiger partial charge in [-0.05, 0) is 58.2 Å². The molecule has 3 rings (SSSR count). The van der Waals surface area contributed by atoms with Gasteiger partial charge >= 0.3 is 6.09 Å². The molecule has 1 aromatic rings. The quantitative estimate of drug-likeness (QED) is 0.775. The second-order valence-electron chi connectivity index (χ2n) is 9.10. The highest BCUT2D eigenvalue weighted by atomic mass is 19.1. The molecular weight excluding hydrogens is 366 g/mol. The van der Waals surface area contributed by atoms with E-state index < -0.39 is 34.4 Å². The molecule has 7 heteroatoms. The lowest BCUT2D eigenvalue weighted by atomic mass is 9.75. The Labute approximate surface area is 164 Å². The van der Waals surface area contributed by atoms with Crippen molar-refractivity contribution < 1.29 is 23.1 Å². The fraction of sp³-hybridized carbons (Fsp3) is 0.619. The van der Waals surface area contributed by atoms with Crippen LogP contribution in [0.5, 0.6) is 0 Å². The summed E-state index contributed by atoms with van der Waals surface area (Å²) in [6.07, 6.45) is 3.18. The van der Waals surface area contributed by atoms with Gasteiger partial charge in [0.05, 0.1) is 12.1 Å². The van der Waals surface area contributed by atoms with E-state index in [-0.39, 0.29) is 18.0 Å². The van der Waals surface area contributed by atoms with Crippen LogP contribution in [0.4, 0.5) is 13.6 Å². The number of hydrogen-bond donors (Lipinski definition) is 1. The number of ether oxygens (including phenoxy) is 1. The predicted octanol–water partition coefficient (Wildman–Crippen LogP) is 4.25. The van der Waals surface area contributed by atoms with Crippen LogP contribution in [-0.2, 0) is 15.1 Å². The highest BCUT2D eigenvalue weighted by Gasteiger charge is 2.55. The third-order valence-electron chi connectivity index (χ3n) is 5.60. The summed E-state index contributed by atoms with van der Waals surface area (Å²) in [4.78, 5) is 27.8. The van der Waals surface area contributed by atoms with E-state index in [9.17, 15) is 18.4 Å². The molecule has 2 fully saturated rings. The number of carbonyl (C=O) groups excluding carboxylic acids is 2. The van der Waals surface area contributed by atoms with Crippen LogP contribution in [-0.4, -0.2) is 34.6 Å². The van der Waals surface area contributed by atoms with Crippen molar-refractivity contribution in [1.82, 2.24) is 10.2 Å². The van der Waals surface area contributed by atoms with Gasteiger partial charge in [0.25, 0.3) is 0 Å². The summed E-state index contributed by atoms with van der Waals surface area (Å²) in [6.45, 7) is 7.06. The van der Waals surface area contributed by atoms with Crippen LogP contribution in [0.25, 0.3) is 0 Å². The zero-order chi connectivity index (χ0) is 20.7. The zero-order valence-corrected chi connectivity index (χ0v) is 16.9. The molecule has 2 aliphatic rings. The second-order valence-corrected chi connectivity index (χ2v) is 9.10. The third-order valence-corrected chi connectivity index (χ3v) is 5.60. The van der Waals surface area contributed by atoms with E-state index in [1.54, 1.807) is 27.7 Å². The molecule has 0 unspecified atom stereocenters. The zero-order valence-electron chi connectivity index (χ0n) is 16.9. The first kappa shape index (κ1) is 20.6. The van der Waals surface area contributed by atoms with Gasteiger partial charge in [0, 0.05) is 6.07 Å². The lowest BCUT2D eigenvalue weighted by molar-refractivity contribution is -0.145. The van der Waals surface area contributed by atoms with Gasteiger partial charge in [0.1, 0.15) is 22.8 Å². The summed E-state index contributed by atoms with van der Waals surface area (Å²) in [5.41, 5.74) is -2.55. The predicted molar refractivity (Wildman–Crippen MR) is 101 cm³/mol. The number of piperazine rings is 1. The lowest BCUT2D eigenvalue weighted by Gasteiger charge is -2.53. The normalized spacial score (nSPS) is 24.8. The largest absolute Gasteiger partial charge is 0.444 e. The van der Waals surface area contributed by atoms with Gasteiger partial charge in [0.15, 0.2) is 0 Å². The Morgan fingerprint density at radius 1 is 1.11 bits per heavy atom. The van der Waals surface area contributed by atoms with Crippen molar-refractivity contribution in [2.75, 3.05) is 6.54 Å². The Morgan fingerprint density at radius 2 is 1.68 bits per heavy atom. The molecule has 1 aliphatic carbocycles. The molecule has 1 spiro atoms. The van der Waals surface area contributed by atoms with Crippen molar-refractivity contribution in [2.45, 2.75) is 76.5 Å². The topological polar surface area (TPSA) is 58.6 Å². The Hall–Kier alpha value is -2.18. The van der Waals surface area contributed by atoms with Crippen LogP contribution < -0.4 is 5.32 Å². The molecule has 1 aliphatic heterocycles. The van der Waals surface area contributed by atoms with Crippen molar-refractivity contribution in [3.05, 3.63) is 35.4 Å². The van der Waals surface area contributed by atoms with Crippen LogP contribution in [0, 0.1) is 11.6 Å². The minimum Gasteiger partial charge on any atom is -0.444 e. The molecule has 0 radical (unpaired) electrons. The van der Waals surface area contributed by atoms with E-state index in [0.29, 0.717) is 12.8 Å². The van der Waals surface area contributed by atoms with Crippen LogP contribution in [0.3, 0.4) is 0 Å². The molecule has 2 amide bonds. The molecule has 1 N–H and O–H groups in total. The average molecular weight is 394 g/mol. The standard InChI is InChI=1S/C21H28F2N2O3/c1-19(2,3)28-18(27)25-13-20(4,14-10-15(22)12-16(23)11-14)24-17(26)21(25)8-6-5-7-9-21/h10-12H,5-9,13H2,1-4H3,(H,24,26)/t20-/m0/s1. The molecule has 1 saturated carbocycles. The van der Waals surface area contributed by atoms with E-state index in [4.69, 9.17) is 4.74 Å². The number of rotatable bonds is 1. The van der Waals surface area contributed by atoms with Crippen LogP contribution in [0.2, 0.25) is 0 Å². The monoisotopic (exact) mass is 394 g/mol. The van der Waals surface area contributed by atoms with Gasteiger partial charge in [-0.1, -0.05) is 19.3 Å². The Bertz CT molecular complexity index is 764. The highest BCUT2D eigenvalue weighted by Crippen LogP contribution is 2.41. The van der Waals surface area contributed by atoms with Crippen LogP contribution in [0.1, 0.15) is 65.4 Å². The molecule has 1 saturated heterocycles. The lowest BCUT2D eigenvalue weighted by Crippen LogP contribution is -2.72. The second kappa shape index (κ2) is 7.01.